The molecule has 0 radical (unpaired) electrons. The zero-order chi connectivity index (χ0) is 14.5. The molecule has 1 rings (SSSR count). The Bertz CT molecular complexity index is 387. The van der Waals surface area contributed by atoms with E-state index >= 15 is 0 Å². The minimum absolute atomic E-state index is 0.229. The molecule has 1 heteroatoms. The van der Waals surface area contributed by atoms with Gasteiger partial charge in [-0.05, 0) is 60.8 Å². The Morgan fingerprint density at radius 2 is 1.84 bits per heavy atom. The van der Waals surface area contributed by atoms with Crippen molar-refractivity contribution in [2.75, 3.05) is 6.54 Å². The predicted molar refractivity (Wildman–Crippen MR) is 85.8 cm³/mol. The SMILES string of the molecule is CCCC(CCCN)c1cc(C(C)(C)C)ccc1C. The second-order valence-corrected chi connectivity index (χ2v) is 6.74. The molecule has 0 amide bonds. The van der Waals surface area contributed by atoms with Crippen molar-refractivity contribution in [3.05, 3.63) is 34.9 Å². The highest BCUT2D eigenvalue weighted by molar-refractivity contribution is 5.36. The van der Waals surface area contributed by atoms with Gasteiger partial charge in [0.25, 0.3) is 0 Å². The van der Waals surface area contributed by atoms with Crippen LogP contribution in [0.15, 0.2) is 18.2 Å². The van der Waals surface area contributed by atoms with Gasteiger partial charge in [0.2, 0.25) is 0 Å². The third-order valence-corrected chi connectivity index (χ3v) is 3.98. The van der Waals surface area contributed by atoms with Crippen molar-refractivity contribution in [2.24, 2.45) is 5.73 Å². The van der Waals surface area contributed by atoms with Crippen molar-refractivity contribution in [1.82, 2.24) is 0 Å². The van der Waals surface area contributed by atoms with Gasteiger partial charge in [0.1, 0.15) is 0 Å². The normalized spacial score (nSPS) is 13.6. The Hall–Kier alpha value is -0.820. The van der Waals surface area contributed by atoms with Crippen molar-refractivity contribution in [1.29, 1.82) is 0 Å². The van der Waals surface area contributed by atoms with Gasteiger partial charge in [0, 0.05) is 0 Å². The number of hydrogen-bond donors (Lipinski definition) is 1. The lowest BCUT2D eigenvalue weighted by atomic mass is 9.81. The lowest BCUT2D eigenvalue weighted by Gasteiger charge is -2.24. The number of benzene rings is 1. The third-order valence-electron chi connectivity index (χ3n) is 3.98. The van der Waals surface area contributed by atoms with Crippen LogP contribution in [0, 0.1) is 6.92 Å². The van der Waals surface area contributed by atoms with Gasteiger partial charge < -0.3 is 5.73 Å². The van der Waals surface area contributed by atoms with Gasteiger partial charge in [-0.2, -0.15) is 0 Å². The molecule has 2 N–H and O–H groups in total. The van der Waals surface area contributed by atoms with Crippen LogP contribution in [-0.4, -0.2) is 6.54 Å². The molecule has 0 saturated heterocycles. The number of aryl methyl sites for hydroxylation is 1. The fourth-order valence-electron chi connectivity index (χ4n) is 2.71. The quantitative estimate of drug-likeness (QED) is 0.773. The Balaban J connectivity index is 3.06. The molecule has 0 aromatic heterocycles. The van der Waals surface area contributed by atoms with Crippen LogP contribution < -0.4 is 5.73 Å². The van der Waals surface area contributed by atoms with Crippen molar-refractivity contribution in [3.63, 3.8) is 0 Å². The van der Waals surface area contributed by atoms with E-state index in [-0.39, 0.29) is 5.41 Å². The molecule has 1 aromatic rings. The van der Waals surface area contributed by atoms with Crippen LogP contribution >= 0.6 is 0 Å². The van der Waals surface area contributed by atoms with Gasteiger partial charge in [-0.1, -0.05) is 52.3 Å². The molecule has 0 aliphatic carbocycles. The van der Waals surface area contributed by atoms with Crippen molar-refractivity contribution in [3.8, 4) is 0 Å². The third kappa shape index (κ3) is 4.65. The van der Waals surface area contributed by atoms with Gasteiger partial charge in [-0.25, -0.2) is 0 Å². The van der Waals surface area contributed by atoms with Gasteiger partial charge >= 0.3 is 0 Å². The molecule has 1 aromatic carbocycles. The first kappa shape index (κ1) is 16.2. The van der Waals surface area contributed by atoms with E-state index in [1.165, 1.54) is 30.4 Å². The Kier molecular flexibility index (Phi) is 6.06. The maximum atomic E-state index is 5.69. The van der Waals surface area contributed by atoms with E-state index in [2.05, 4.69) is 52.8 Å². The highest BCUT2D eigenvalue weighted by Gasteiger charge is 2.18. The largest absolute Gasteiger partial charge is 0.330 e. The molecule has 0 bridgehead atoms. The van der Waals surface area contributed by atoms with Gasteiger partial charge in [0.05, 0.1) is 0 Å². The highest BCUT2D eigenvalue weighted by atomic mass is 14.5. The van der Waals surface area contributed by atoms with E-state index in [0.717, 1.165) is 13.0 Å². The summed E-state index contributed by atoms with van der Waals surface area (Å²) in [6.07, 6.45) is 4.87. The van der Waals surface area contributed by atoms with E-state index in [1.54, 1.807) is 5.56 Å². The maximum Gasteiger partial charge on any atom is -0.00771 e. The second kappa shape index (κ2) is 7.09. The monoisotopic (exact) mass is 261 g/mol. The molecule has 0 heterocycles. The molecule has 19 heavy (non-hydrogen) atoms. The van der Waals surface area contributed by atoms with Gasteiger partial charge in [-0.3, -0.25) is 0 Å². The molecule has 0 fully saturated rings. The van der Waals surface area contributed by atoms with Crippen LogP contribution in [0.3, 0.4) is 0 Å². The van der Waals surface area contributed by atoms with Crippen molar-refractivity contribution >= 4 is 0 Å². The average Bonchev–Trinajstić information content (AvgIpc) is 2.34. The summed E-state index contributed by atoms with van der Waals surface area (Å²) in [4.78, 5) is 0. The molecule has 108 valence electrons. The predicted octanol–water partition coefficient (Wildman–Crippen LogP) is 4.92. The number of rotatable bonds is 6. The summed E-state index contributed by atoms with van der Waals surface area (Å²) in [6, 6.07) is 7.01. The summed E-state index contributed by atoms with van der Waals surface area (Å²) in [6.45, 7) is 12.2. The van der Waals surface area contributed by atoms with E-state index in [0.29, 0.717) is 5.92 Å². The Morgan fingerprint density at radius 3 is 2.37 bits per heavy atom. The van der Waals surface area contributed by atoms with E-state index in [1.807, 2.05) is 0 Å². The van der Waals surface area contributed by atoms with Crippen LogP contribution in [0.4, 0.5) is 0 Å². The molecule has 1 unspecified atom stereocenters. The topological polar surface area (TPSA) is 26.0 Å². The number of hydrogen-bond acceptors (Lipinski definition) is 1. The summed E-state index contributed by atoms with van der Waals surface area (Å²) in [5.74, 6) is 0.677. The fourth-order valence-corrected chi connectivity index (χ4v) is 2.71. The summed E-state index contributed by atoms with van der Waals surface area (Å²) in [7, 11) is 0. The Morgan fingerprint density at radius 1 is 1.16 bits per heavy atom. The minimum atomic E-state index is 0.229. The van der Waals surface area contributed by atoms with E-state index in [4.69, 9.17) is 5.73 Å². The summed E-state index contributed by atoms with van der Waals surface area (Å²) >= 11 is 0. The van der Waals surface area contributed by atoms with Gasteiger partial charge in [-0.15, -0.1) is 0 Å². The lowest BCUT2D eigenvalue weighted by Crippen LogP contribution is -2.13. The first-order chi connectivity index (χ1) is 8.90. The smallest absolute Gasteiger partial charge is 0.00771 e. The van der Waals surface area contributed by atoms with Crippen LogP contribution in [0.5, 0.6) is 0 Å². The van der Waals surface area contributed by atoms with Crippen LogP contribution in [0.2, 0.25) is 0 Å². The van der Waals surface area contributed by atoms with E-state index in [9.17, 15) is 0 Å². The van der Waals surface area contributed by atoms with Crippen LogP contribution in [-0.2, 0) is 5.41 Å². The molecular weight excluding hydrogens is 230 g/mol. The lowest BCUT2D eigenvalue weighted by molar-refractivity contribution is 0.542. The number of nitrogens with two attached hydrogens (primary N) is 1. The summed E-state index contributed by atoms with van der Waals surface area (Å²) in [5, 5.41) is 0. The molecule has 1 nitrogen and oxygen atoms in total. The minimum Gasteiger partial charge on any atom is -0.330 e. The zero-order valence-electron chi connectivity index (χ0n) is 13.4. The highest BCUT2D eigenvalue weighted by Crippen LogP contribution is 2.32. The second-order valence-electron chi connectivity index (χ2n) is 6.74. The van der Waals surface area contributed by atoms with Gasteiger partial charge in [0.15, 0.2) is 0 Å². The van der Waals surface area contributed by atoms with E-state index < -0.39 is 0 Å². The standard InChI is InChI=1S/C18H31N/c1-6-8-15(9-7-12-19)17-13-16(18(3,4)5)11-10-14(17)2/h10-11,13,15H,6-9,12,19H2,1-5H3. The molecule has 0 saturated carbocycles. The maximum absolute atomic E-state index is 5.69. The average molecular weight is 261 g/mol. The molecule has 1 atom stereocenters. The zero-order valence-corrected chi connectivity index (χ0v) is 13.4. The summed E-state index contributed by atoms with van der Waals surface area (Å²) in [5.41, 5.74) is 10.3. The molecule has 0 aliphatic rings. The molecule has 0 aliphatic heterocycles. The molecular formula is C18H31N. The van der Waals surface area contributed by atoms with Crippen molar-refractivity contribution < 1.29 is 0 Å². The first-order valence-corrected chi connectivity index (χ1v) is 7.71. The first-order valence-electron chi connectivity index (χ1n) is 7.71. The Labute approximate surface area is 119 Å². The van der Waals surface area contributed by atoms with Crippen LogP contribution in [0.1, 0.15) is 76.0 Å². The van der Waals surface area contributed by atoms with Crippen molar-refractivity contribution in [2.45, 2.75) is 71.6 Å². The molecule has 0 spiro atoms. The fraction of sp³-hybridized carbons (Fsp3) is 0.667. The summed E-state index contributed by atoms with van der Waals surface area (Å²) < 4.78 is 0. The van der Waals surface area contributed by atoms with Crippen LogP contribution in [0.25, 0.3) is 0 Å².